The Hall–Kier alpha value is -2.88. The smallest absolute Gasteiger partial charge is 0.250 e. The van der Waals surface area contributed by atoms with Gasteiger partial charge in [0.25, 0.3) is 0 Å². The zero-order chi connectivity index (χ0) is 19.9. The van der Waals surface area contributed by atoms with Crippen LogP contribution in [0.15, 0.2) is 47.8 Å². The van der Waals surface area contributed by atoms with E-state index in [1.165, 1.54) is 0 Å². The molecule has 2 aromatic heterocycles. The second-order valence-corrected chi connectivity index (χ2v) is 8.19. The summed E-state index contributed by atoms with van der Waals surface area (Å²) in [5, 5.41) is 14.3. The fourth-order valence-electron chi connectivity index (χ4n) is 3.93. The van der Waals surface area contributed by atoms with Gasteiger partial charge in [-0.2, -0.15) is 5.26 Å². The lowest BCUT2D eigenvalue weighted by Crippen LogP contribution is -2.36. The van der Waals surface area contributed by atoms with Crippen LogP contribution in [0.25, 0.3) is 11.3 Å². The fourth-order valence-corrected chi connectivity index (χ4v) is 4.97. The average Bonchev–Trinajstić information content (AvgIpc) is 3.30. The van der Waals surface area contributed by atoms with Crippen LogP contribution >= 0.6 is 11.3 Å². The number of fused-ring (bicyclic) bond motifs is 1. The number of benzene rings is 1. The maximum atomic E-state index is 12.3. The molecular weight excluding hydrogens is 370 g/mol. The largest absolute Gasteiger partial charge is 0.355 e. The van der Waals surface area contributed by atoms with Crippen molar-refractivity contribution in [1.29, 1.82) is 5.26 Å². The summed E-state index contributed by atoms with van der Waals surface area (Å²) < 4.78 is 8.20. The number of rotatable bonds is 3. The van der Waals surface area contributed by atoms with E-state index in [0.717, 1.165) is 27.4 Å². The molecule has 1 unspecified atom stereocenters. The number of nitrogens with one attached hydrogen (secondary N) is 1. The number of hydrogen-bond donors (Lipinski definition) is 1. The Morgan fingerprint density at radius 2 is 2.11 bits per heavy atom. The number of carbonyl (C=O) groups is 1. The molecule has 1 N–H and O–H groups in total. The monoisotopic (exact) mass is 391 g/mol. The molecule has 0 saturated heterocycles. The summed E-state index contributed by atoms with van der Waals surface area (Å²) in [5.41, 5.74) is 3.50. The van der Waals surface area contributed by atoms with E-state index in [1.54, 1.807) is 11.3 Å². The van der Waals surface area contributed by atoms with Crippen LogP contribution in [0.5, 0.6) is 0 Å². The highest BCUT2D eigenvalue weighted by Crippen LogP contribution is 2.47. The predicted molar refractivity (Wildman–Crippen MR) is 110 cm³/mol. The van der Waals surface area contributed by atoms with E-state index in [0.29, 0.717) is 5.69 Å². The molecule has 0 aliphatic carbocycles. The van der Waals surface area contributed by atoms with Gasteiger partial charge in [-0.1, -0.05) is 26.0 Å². The predicted octanol–water partition coefficient (Wildman–Crippen LogP) is 4.49. The third kappa shape index (κ3) is 2.75. The Kier molecular flexibility index (Phi) is 4.58. The minimum absolute atomic E-state index is 0.00281. The molecule has 1 aliphatic rings. The first kappa shape index (κ1) is 18.5. The first-order valence-corrected chi connectivity index (χ1v) is 10.0. The molecular formula is C22H21N3O2S. The molecule has 0 saturated carbocycles. The lowest BCUT2D eigenvalue weighted by Gasteiger charge is -2.37. The van der Waals surface area contributed by atoms with Gasteiger partial charge in [-0.15, -0.1) is 11.3 Å². The van der Waals surface area contributed by atoms with E-state index in [9.17, 15) is 10.1 Å². The number of thiophene rings is 1. The summed E-state index contributed by atoms with van der Waals surface area (Å²) in [5.74, 6) is -0.0466. The van der Waals surface area contributed by atoms with Crippen molar-refractivity contribution in [2.75, 3.05) is 11.9 Å². The first-order valence-electron chi connectivity index (χ1n) is 9.16. The third-order valence-corrected chi connectivity index (χ3v) is 6.34. The number of nitriles is 1. The third-order valence-electron chi connectivity index (χ3n) is 5.36. The second-order valence-electron chi connectivity index (χ2n) is 7.24. The maximum Gasteiger partial charge on any atom is 0.250 e. The molecule has 5 nitrogen and oxygen atoms in total. The van der Waals surface area contributed by atoms with Gasteiger partial charge in [0.2, 0.25) is 5.91 Å². The summed E-state index contributed by atoms with van der Waals surface area (Å²) in [6, 6.07) is 16.0. The standard InChI is InChI=1S/C22H21N3O2S/c1-14(2)22(20-5-4-10-28-20)17-11-15(19-9-7-16(12-23)25(19)3)6-8-18(17)24-21(26)13-27-22/h4-11,14H,13H2,1-3H3,(H,24,26). The molecule has 142 valence electrons. The SMILES string of the molecule is CC(C)C1(c2cccs2)OCC(=O)Nc2ccc(-c3ccc(C#N)n3C)cc21. The van der Waals surface area contributed by atoms with E-state index < -0.39 is 5.60 Å². The molecule has 3 aromatic rings. The number of ether oxygens (including phenoxy) is 1. The summed E-state index contributed by atoms with van der Waals surface area (Å²) in [6.45, 7) is 4.23. The van der Waals surface area contributed by atoms with Crippen molar-refractivity contribution in [2.45, 2.75) is 19.4 Å². The zero-order valence-corrected chi connectivity index (χ0v) is 16.8. The number of hydrogen-bond acceptors (Lipinski definition) is 4. The molecule has 28 heavy (non-hydrogen) atoms. The fraction of sp³-hybridized carbons (Fsp3) is 0.273. The molecule has 1 aromatic carbocycles. The van der Waals surface area contributed by atoms with Crippen LogP contribution in [0, 0.1) is 17.2 Å². The van der Waals surface area contributed by atoms with Crippen molar-refractivity contribution in [3.05, 3.63) is 64.0 Å². The number of anilines is 1. The van der Waals surface area contributed by atoms with E-state index >= 15 is 0 Å². The molecule has 1 atom stereocenters. The van der Waals surface area contributed by atoms with Crippen molar-refractivity contribution in [3.8, 4) is 17.3 Å². The van der Waals surface area contributed by atoms with Crippen LogP contribution < -0.4 is 5.32 Å². The average molecular weight is 391 g/mol. The molecule has 3 heterocycles. The van der Waals surface area contributed by atoms with Gasteiger partial charge in [-0.25, -0.2) is 0 Å². The molecule has 0 fully saturated rings. The number of amides is 1. The van der Waals surface area contributed by atoms with Crippen LogP contribution in [-0.4, -0.2) is 17.1 Å². The van der Waals surface area contributed by atoms with Gasteiger partial charge in [0.05, 0.1) is 0 Å². The Morgan fingerprint density at radius 1 is 1.29 bits per heavy atom. The van der Waals surface area contributed by atoms with E-state index in [-0.39, 0.29) is 18.4 Å². The molecule has 0 radical (unpaired) electrons. The molecule has 4 rings (SSSR count). The second kappa shape index (κ2) is 6.93. The molecule has 0 spiro atoms. The highest BCUT2D eigenvalue weighted by molar-refractivity contribution is 7.10. The van der Waals surface area contributed by atoms with Gasteiger partial charge in [-0.3, -0.25) is 4.79 Å². The van der Waals surface area contributed by atoms with Crippen LogP contribution in [-0.2, 0) is 22.2 Å². The topological polar surface area (TPSA) is 67.0 Å². The quantitative estimate of drug-likeness (QED) is 0.715. The minimum atomic E-state index is -0.720. The lowest BCUT2D eigenvalue weighted by molar-refractivity contribution is -0.127. The summed E-state index contributed by atoms with van der Waals surface area (Å²) >= 11 is 1.63. The number of nitrogens with zero attached hydrogens (tertiary/aromatic N) is 2. The Bertz CT molecular complexity index is 1080. The Morgan fingerprint density at radius 3 is 2.75 bits per heavy atom. The normalized spacial score (nSPS) is 19.0. The maximum absolute atomic E-state index is 12.3. The van der Waals surface area contributed by atoms with Gasteiger partial charge in [0.15, 0.2) is 0 Å². The van der Waals surface area contributed by atoms with Crippen LogP contribution in [0.1, 0.15) is 30.0 Å². The highest BCUT2D eigenvalue weighted by atomic mass is 32.1. The van der Waals surface area contributed by atoms with Crippen molar-refractivity contribution in [1.82, 2.24) is 4.57 Å². The lowest BCUT2D eigenvalue weighted by atomic mass is 9.80. The molecule has 0 bridgehead atoms. The van der Waals surface area contributed by atoms with Crippen LogP contribution in [0.4, 0.5) is 5.69 Å². The Labute approximate surface area is 168 Å². The molecule has 1 amide bonds. The van der Waals surface area contributed by atoms with Crippen LogP contribution in [0.2, 0.25) is 0 Å². The summed E-state index contributed by atoms with van der Waals surface area (Å²) in [6.07, 6.45) is 0. The van der Waals surface area contributed by atoms with Gasteiger partial charge in [-0.05, 0) is 47.2 Å². The van der Waals surface area contributed by atoms with Gasteiger partial charge in [0.1, 0.15) is 24.0 Å². The molecule has 1 aliphatic heterocycles. The first-order chi connectivity index (χ1) is 13.5. The van der Waals surface area contributed by atoms with Crippen LogP contribution in [0.3, 0.4) is 0 Å². The minimum Gasteiger partial charge on any atom is -0.355 e. The number of carbonyl (C=O) groups excluding carboxylic acids is 1. The van der Waals surface area contributed by atoms with Crippen molar-refractivity contribution >= 4 is 22.9 Å². The van der Waals surface area contributed by atoms with Crippen molar-refractivity contribution < 1.29 is 9.53 Å². The van der Waals surface area contributed by atoms with E-state index in [2.05, 4.69) is 37.4 Å². The molecule has 6 heteroatoms. The van der Waals surface area contributed by atoms with Crippen molar-refractivity contribution in [2.24, 2.45) is 13.0 Å². The summed E-state index contributed by atoms with van der Waals surface area (Å²) in [4.78, 5) is 13.4. The van der Waals surface area contributed by atoms with Gasteiger partial charge < -0.3 is 14.6 Å². The highest BCUT2D eigenvalue weighted by Gasteiger charge is 2.44. The van der Waals surface area contributed by atoms with Gasteiger partial charge >= 0.3 is 0 Å². The van der Waals surface area contributed by atoms with Crippen molar-refractivity contribution in [3.63, 3.8) is 0 Å². The zero-order valence-electron chi connectivity index (χ0n) is 16.0. The van der Waals surface area contributed by atoms with E-state index in [4.69, 9.17) is 4.74 Å². The summed E-state index contributed by atoms with van der Waals surface area (Å²) in [7, 11) is 1.88. The van der Waals surface area contributed by atoms with Gasteiger partial charge in [0, 0.05) is 28.9 Å². The van der Waals surface area contributed by atoms with E-state index in [1.807, 2.05) is 47.3 Å². The Balaban J connectivity index is 1.97. The number of aromatic nitrogens is 1.